The number of aliphatic imine (C=N–C) groups is 2. The molecule has 0 aliphatic heterocycles. The van der Waals surface area contributed by atoms with Crippen LogP contribution in [0.25, 0.3) is 0 Å². The van der Waals surface area contributed by atoms with Crippen LogP contribution in [0, 0.1) is 11.3 Å². The second kappa shape index (κ2) is 4.46. The fourth-order valence-electron chi connectivity index (χ4n) is 1.96. The largest absolute Gasteiger partial charge is 0.294 e. The summed E-state index contributed by atoms with van der Waals surface area (Å²) in [5.74, 6) is 0.681. The summed E-state index contributed by atoms with van der Waals surface area (Å²) in [5, 5.41) is 0. The molecule has 1 saturated carbocycles. The van der Waals surface area contributed by atoms with Crippen molar-refractivity contribution < 1.29 is 0 Å². The Balaban J connectivity index is 2.60. The molecule has 0 aromatic carbocycles. The summed E-state index contributed by atoms with van der Waals surface area (Å²) in [5.41, 5.74) is 2.76. The molecule has 3 unspecified atom stereocenters. The maximum atomic E-state index is 4.67. The highest BCUT2D eigenvalue weighted by molar-refractivity contribution is 5.81. The molecule has 0 spiro atoms. The molecular weight excluding hydrogens is 184 g/mol. The van der Waals surface area contributed by atoms with E-state index in [1.165, 1.54) is 11.4 Å². The normalized spacial score (nSPS) is 35.2. The van der Waals surface area contributed by atoms with Crippen LogP contribution in [-0.2, 0) is 0 Å². The minimum atomic E-state index is 0.313. The lowest BCUT2D eigenvalue weighted by molar-refractivity contribution is 0.525. The zero-order valence-electron chi connectivity index (χ0n) is 11.0. The first-order valence-corrected chi connectivity index (χ1v) is 5.92. The van der Waals surface area contributed by atoms with E-state index in [0.29, 0.717) is 17.4 Å². The SMILES string of the molecule is CCC(C)=NCC1(C)C(C)C1N=C(C)C. The summed E-state index contributed by atoms with van der Waals surface area (Å²) in [6, 6.07) is 0.496. The zero-order valence-corrected chi connectivity index (χ0v) is 11.0. The molecule has 0 radical (unpaired) electrons. The highest BCUT2D eigenvalue weighted by atomic mass is 15.0. The van der Waals surface area contributed by atoms with Crippen LogP contribution < -0.4 is 0 Å². The Labute approximate surface area is 93.9 Å². The second-order valence-electron chi connectivity index (χ2n) is 5.22. The summed E-state index contributed by atoms with van der Waals surface area (Å²) in [4.78, 5) is 9.31. The van der Waals surface area contributed by atoms with E-state index in [-0.39, 0.29) is 0 Å². The molecule has 0 aromatic rings. The fraction of sp³-hybridized carbons (Fsp3) is 0.846. The van der Waals surface area contributed by atoms with Crippen LogP contribution in [0.1, 0.15) is 48.0 Å². The van der Waals surface area contributed by atoms with Crippen molar-refractivity contribution in [1.82, 2.24) is 0 Å². The quantitative estimate of drug-likeness (QED) is 0.633. The van der Waals surface area contributed by atoms with Crippen LogP contribution in [0.2, 0.25) is 0 Å². The van der Waals surface area contributed by atoms with E-state index in [1.54, 1.807) is 0 Å². The van der Waals surface area contributed by atoms with Gasteiger partial charge in [-0.05, 0) is 33.1 Å². The molecule has 3 atom stereocenters. The monoisotopic (exact) mass is 208 g/mol. The summed E-state index contributed by atoms with van der Waals surface area (Å²) in [6.07, 6.45) is 1.06. The Morgan fingerprint density at radius 1 is 1.27 bits per heavy atom. The van der Waals surface area contributed by atoms with Crippen molar-refractivity contribution in [2.24, 2.45) is 21.3 Å². The first kappa shape index (κ1) is 12.4. The predicted molar refractivity (Wildman–Crippen MR) is 68.1 cm³/mol. The Bertz CT molecular complexity index is 287. The Morgan fingerprint density at radius 3 is 2.33 bits per heavy atom. The lowest BCUT2D eigenvalue weighted by Gasteiger charge is -2.07. The predicted octanol–water partition coefficient (Wildman–Crippen LogP) is 3.36. The van der Waals surface area contributed by atoms with Gasteiger partial charge in [0, 0.05) is 23.4 Å². The molecule has 0 N–H and O–H groups in total. The number of nitrogens with zero attached hydrogens (tertiary/aromatic N) is 2. The van der Waals surface area contributed by atoms with Gasteiger partial charge in [0.2, 0.25) is 0 Å². The molecule has 1 aliphatic carbocycles. The molecule has 1 fully saturated rings. The molecule has 86 valence electrons. The van der Waals surface area contributed by atoms with Crippen LogP contribution in [0.3, 0.4) is 0 Å². The van der Waals surface area contributed by atoms with Gasteiger partial charge in [-0.25, -0.2) is 0 Å². The Hall–Kier alpha value is -0.660. The van der Waals surface area contributed by atoms with Gasteiger partial charge in [0.05, 0.1) is 6.04 Å². The Morgan fingerprint density at radius 2 is 1.87 bits per heavy atom. The van der Waals surface area contributed by atoms with Crippen LogP contribution in [-0.4, -0.2) is 24.0 Å². The summed E-state index contributed by atoms with van der Waals surface area (Å²) in [7, 11) is 0. The van der Waals surface area contributed by atoms with E-state index in [9.17, 15) is 0 Å². The summed E-state index contributed by atoms with van der Waals surface area (Å²) in [6.45, 7) is 13.9. The van der Waals surface area contributed by atoms with Crippen LogP contribution >= 0.6 is 0 Å². The van der Waals surface area contributed by atoms with Gasteiger partial charge in [0.25, 0.3) is 0 Å². The third kappa shape index (κ3) is 2.67. The smallest absolute Gasteiger partial charge is 0.0605 e. The number of rotatable bonds is 4. The molecule has 15 heavy (non-hydrogen) atoms. The first-order chi connectivity index (χ1) is 6.91. The summed E-state index contributed by atoms with van der Waals surface area (Å²) < 4.78 is 0. The fourth-order valence-corrected chi connectivity index (χ4v) is 1.96. The minimum Gasteiger partial charge on any atom is -0.294 e. The van der Waals surface area contributed by atoms with Gasteiger partial charge in [0.1, 0.15) is 0 Å². The third-order valence-corrected chi connectivity index (χ3v) is 3.68. The maximum Gasteiger partial charge on any atom is 0.0605 e. The zero-order chi connectivity index (χ0) is 11.6. The maximum absolute atomic E-state index is 4.67. The van der Waals surface area contributed by atoms with E-state index >= 15 is 0 Å². The number of hydrogen-bond acceptors (Lipinski definition) is 2. The van der Waals surface area contributed by atoms with Crippen molar-refractivity contribution in [3.8, 4) is 0 Å². The lowest BCUT2D eigenvalue weighted by atomic mass is 10.1. The third-order valence-electron chi connectivity index (χ3n) is 3.68. The molecule has 1 aliphatic rings. The van der Waals surface area contributed by atoms with Gasteiger partial charge in [-0.1, -0.05) is 20.8 Å². The highest BCUT2D eigenvalue weighted by Gasteiger charge is 2.58. The molecule has 0 aromatic heterocycles. The van der Waals surface area contributed by atoms with Crippen LogP contribution in [0.5, 0.6) is 0 Å². The molecule has 0 bridgehead atoms. The average molecular weight is 208 g/mol. The van der Waals surface area contributed by atoms with Gasteiger partial charge in [0.15, 0.2) is 0 Å². The van der Waals surface area contributed by atoms with Crippen molar-refractivity contribution in [3.05, 3.63) is 0 Å². The van der Waals surface area contributed by atoms with Crippen molar-refractivity contribution in [3.63, 3.8) is 0 Å². The number of hydrogen-bond donors (Lipinski definition) is 0. The average Bonchev–Trinajstić information content (AvgIpc) is 2.67. The molecule has 0 heterocycles. The van der Waals surface area contributed by atoms with Crippen LogP contribution in [0.4, 0.5) is 0 Å². The van der Waals surface area contributed by atoms with Gasteiger partial charge in [-0.15, -0.1) is 0 Å². The minimum absolute atomic E-state index is 0.313. The highest BCUT2D eigenvalue weighted by Crippen LogP contribution is 2.54. The van der Waals surface area contributed by atoms with Crippen molar-refractivity contribution in [2.75, 3.05) is 6.54 Å². The molecule has 1 rings (SSSR count). The standard InChI is InChI=1S/C13H24N2/c1-7-10(4)14-8-13(6)11(5)12(13)15-9(2)3/h11-12H,7-8H2,1-6H3. The topological polar surface area (TPSA) is 24.7 Å². The van der Waals surface area contributed by atoms with E-state index in [2.05, 4.69) is 51.5 Å². The molecular formula is C13H24N2. The second-order valence-corrected chi connectivity index (χ2v) is 5.22. The van der Waals surface area contributed by atoms with Crippen molar-refractivity contribution >= 4 is 11.4 Å². The van der Waals surface area contributed by atoms with Gasteiger partial charge in [-0.3, -0.25) is 9.98 Å². The van der Waals surface area contributed by atoms with Crippen molar-refractivity contribution in [2.45, 2.75) is 54.0 Å². The lowest BCUT2D eigenvalue weighted by Crippen LogP contribution is -2.08. The van der Waals surface area contributed by atoms with E-state index in [1.807, 2.05) is 0 Å². The van der Waals surface area contributed by atoms with E-state index < -0.39 is 0 Å². The molecule has 2 heteroatoms. The molecule has 0 saturated heterocycles. The Kier molecular flexibility index (Phi) is 3.69. The molecule has 0 amide bonds. The van der Waals surface area contributed by atoms with Crippen LogP contribution in [0.15, 0.2) is 9.98 Å². The van der Waals surface area contributed by atoms with Gasteiger partial charge >= 0.3 is 0 Å². The molecule has 2 nitrogen and oxygen atoms in total. The van der Waals surface area contributed by atoms with Gasteiger partial charge in [-0.2, -0.15) is 0 Å². The first-order valence-electron chi connectivity index (χ1n) is 5.92. The van der Waals surface area contributed by atoms with Crippen molar-refractivity contribution in [1.29, 1.82) is 0 Å². The van der Waals surface area contributed by atoms with E-state index in [4.69, 9.17) is 0 Å². The van der Waals surface area contributed by atoms with E-state index in [0.717, 1.165) is 13.0 Å². The van der Waals surface area contributed by atoms with Gasteiger partial charge < -0.3 is 0 Å². The summed E-state index contributed by atoms with van der Waals surface area (Å²) >= 11 is 0.